The van der Waals surface area contributed by atoms with Gasteiger partial charge in [0, 0.05) is 40.8 Å². The summed E-state index contributed by atoms with van der Waals surface area (Å²) < 4.78 is 12.1. The molecule has 14 heteroatoms. The molecule has 0 unspecified atom stereocenters. The minimum Gasteiger partial charge on any atom is -0.508 e. The lowest BCUT2D eigenvalue weighted by molar-refractivity contribution is -0.139. The fraction of sp³-hybridized carbons (Fsp3) is 0.219. The average Bonchev–Trinajstić information content (AvgIpc) is 2.97. The molecule has 0 aromatic heterocycles. The third-order valence-electron chi connectivity index (χ3n) is 8.34. The zero-order valence-electron chi connectivity index (χ0n) is 23.5. The second-order valence-electron chi connectivity index (χ2n) is 11.2. The van der Waals surface area contributed by atoms with Crippen LogP contribution in [-0.4, -0.2) is 74.3 Å². The van der Waals surface area contributed by atoms with Gasteiger partial charge in [0.25, 0.3) is 0 Å². The van der Waals surface area contributed by atoms with E-state index in [-0.39, 0.29) is 39.3 Å². The number of phenols is 8. The summed E-state index contributed by atoms with van der Waals surface area (Å²) in [5.74, 6) is -9.16. The lowest BCUT2D eigenvalue weighted by Crippen LogP contribution is -2.38. The van der Waals surface area contributed by atoms with E-state index in [1.54, 1.807) is 0 Å². The molecule has 0 saturated carbocycles. The lowest BCUT2D eigenvalue weighted by Gasteiger charge is -2.42. The predicted molar refractivity (Wildman–Crippen MR) is 155 cm³/mol. The normalized spacial score (nSPS) is 23.4. The molecule has 2 aliphatic rings. The van der Waals surface area contributed by atoms with Crippen molar-refractivity contribution in [1.29, 1.82) is 0 Å². The molecular weight excluding hydrogens is 608 g/mol. The molecule has 0 fully saturated rings. The summed E-state index contributed by atoms with van der Waals surface area (Å²) in [6, 6.07) is 10.0. The number of phenolic OH excluding ortho intramolecular Hbond substituents is 8. The van der Waals surface area contributed by atoms with E-state index in [2.05, 4.69) is 0 Å². The van der Waals surface area contributed by atoms with Crippen LogP contribution in [0.3, 0.4) is 0 Å². The van der Waals surface area contributed by atoms with Crippen LogP contribution in [0.1, 0.15) is 58.3 Å². The second kappa shape index (κ2) is 11.0. The van der Waals surface area contributed by atoms with Gasteiger partial charge in [-0.3, -0.25) is 4.79 Å². The number of aliphatic hydroxyl groups is 2. The number of ether oxygens (including phenoxy) is 2. The third-order valence-corrected chi connectivity index (χ3v) is 8.34. The quantitative estimate of drug-likeness (QED) is 0.141. The molecule has 46 heavy (non-hydrogen) atoms. The SMILES string of the molecule is O=C(O)C[C@H]1c2c(O)cc(O)c([C@H]3c4c(O)cc(O)cc4O[C@H](c4ccc(O)c(O)c4)[C@@H]3O)c2O[C@H](c2ccc(O)c(O)c2)[C@@H]1O. The Morgan fingerprint density at radius 1 is 0.587 bits per heavy atom. The minimum atomic E-state index is -1.73. The number of rotatable bonds is 5. The zero-order valence-corrected chi connectivity index (χ0v) is 23.5. The van der Waals surface area contributed by atoms with Crippen LogP contribution < -0.4 is 9.47 Å². The van der Waals surface area contributed by atoms with E-state index >= 15 is 0 Å². The number of hydrogen-bond donors (Lipinski definition) is 11. The first kappa shape index (κ1) is 30.3. The summed E-state index contributed by atoms with van der Waals surface area (Å²) >= 11 is 0. The van der Waals surface area contributed by atoms with Gasteiger partial charge in [-0.25, -0.2) is 0 Å². The molecule has 0 bridgehead atoms. The number of aliphatic hydroxyl groups excluding tert-OH is 2. The van der Waals surface area contributed by atoms with Gasteiger partial charge in [0.15, 0.2) is 35.2 Å². The standard InChI is InChI=1S/C32H28O14/c33-13-7-19(38)25-22(8-13)45-31(12-2-4-16(35)18(37)6-12)29(44)27(25)26-21(40)10-20(39)24-14(9-23(41)42)28(43)30(46-32(24)26)11-1-3-15(34)17(36)5-11/h1-8,10,14,27-31,33-40,43-44H,9H2,(H,41,42)/t14-,27+,28+,29+,30+,31+/m0/s1. The molecule has 2 heterocycles. The summed E-state index contributed by atoms with van der Waals surface area (Å²) in [4.78, 5) is 12.0. The van der Waals surface area contributed by atoms with Crippen LogP contribution in [0.5, 0.6) is 57.5 Å². The highest BCUT2D eigenvalue weighted by Crippen LogP contribution is 2.59. The van der Waals surface area contributed by atoms with Crippen LogP contribution in [0, 0.1) is 0 Å². The van der Waals surface area contributed by atoms with Gasteiger partial charge in [-0.15, -0.1) is 0 Å². The van der Waals surface area contributed by atoms with E-state index in [1.807, 2.05) is 0 Å². The Morgan fingerprint density at radius 2 is 1.13 bits per heavy atom. The number of carbonyl (C=O) groups is 1. The highest BCUT2D eigenvalue weighted by Gasteiger charge is 2.48. The largest absolute Gasteiger partial charge is 0.508 e. The molecule has 0 saturated heterocycles. The number of aromatic hydroxyl groups is 8. The molecular formula is C32H28O14. The first-order valence-electron chi connectivity index (χ1n) is 13.9. The summed E-state index contributed by atoms with van der Waals surface area (Å²) in [7, 11) is 0. The molecule has 0 amide bonds. The molecule has 240 valence electrons. The summed E-state index contributed by atoms with van der Waals surface area (Å²) in [5.41, 5.74) is -0.439. The number of aliphatic carboxylic acids is 1. The molecule has 4 aromatic carbocycles. The van der Waals surface area contributed by atoms with Gasteiger partial charge in [-0.05, 0) is 35.4 Å². The van der Waals surface area contributed by atoms with Crippen molar-refractivity contribution in [3.05, 3.63) is 82.4 Å². The second-order valence-corrected chi connectivity index (χ2v) is 11.2. The lowest BCUT2D eigenvalue weighted by atomic mass is 9.75. The fourth-order valence-corrected chi connectivity index (χ4v) is 6.28. The predicted octanol–water partition coefficient (Wildman–Crippen LogP) is 3.01. The van der Waals surface area contributed by atoms with Crippen LogP contribution >= 0.6 is 0 Å². The topological polar surface area (TPSA) is 258 Å². The van der Waals surface area contributed by atoms with Crippen molar-refractivity contribution < 1.29 is 70.4 Å². The van der Waals surface area contributed by atoms with Gasteiger partial charge in [-0.1, -0.05) is 12.1 Å². The third kappa shape index (κ3) is 4.89. The Morgan fingerprint density at radius 3 is 1.70 bits per heavy atom. The summed E-state index contributed by atoms with van der Waals surface area (Å²) in [5, 5.41) is 117. The average molecular weight is 637 g/mol. The van der Waals surface area contributed by atoms with E-state index in [9.17, 15) is 61.0 Å². The van der Waals surface area contributed by atoms with Crippen molar-refractivity contribution in [3.8, 4) is 57.5 Å². The van der Waals surface area contributed by atoms with Crippen LogP contribution in [0.4, 0.5) is 0 Å². The van der Waals surface area contributed by atoms with Crippen LogP contribution in [0.2, 0.25) is 0 Å². The number of carboxylic acid groups (broad SMARTS) is 1. The minimum absolute atomic E-state index is 0.0794. The first-order valence-corrected chi connectivity index (χ1v) is 13.9. The summed E-state index contributed by atoms with van der Waals surface area (Å²) in [6.45, 7) is 0. The molecule has 11 N–H and O–H groups in total. The van der Waals surface area contributed by atoms with Gasteiger partial charge < -0.3 is 65.6 Å². The van der Waals surface area contributed by atoms with Crippen molar-refractivity contribution in [2.24, 2.45) is 0 Å². The molecule has 0 spiro atoms. The highest BCUT2D eigenvalue weighted by molar-refractivity contribution is 5.71. The van der Waals surface area contributed by atoms with Crippen LogP contribution in [-0.2, 0) is 4.79 Å². The Labute approximate surface area is 259 Å². The fourth-order valence-electron chi connectivity index (χ4n) is 6.28. The van der Waals surface area contributed by atoms with Gasteiger partial charge >= 0.3 is 5.97 Å². The van der Waals surface area contributed by atoms with Crippen molar-refractivity contribution in [2.45, 2.75) is 42.7 Å². The van der Waals surface area contributed by atoms with Gasteiger partial charge in [0.2, 0.25) is 0 Å². The Kier molecular flexibility index (Phi) is 7.25. The van der Waals surface area contributed by atoms with Gasteiger partial charge in [0.1, 0.15) is 46.7 Å². The van der Waals surface area contributed by atoms with E-state index in [4.69, 9.17) is 9.47 Å². The van der Waals surface area contributed by atoms with E-state index in [0.29, 0.717) is 0 Å². The van der Waals surface area contributed by atoms with E-state index in [1.165, 1.54) is 12.1 Å². The number of hydrogen-bond acceptors (Lipinski definition) is 13. The smallest absolute Gasteiger partial charge is 0.304 e. The van der Waals surface area contributed by atoms with Crippen molar-refractivity contribution >= 4 is 5.97 Å². The Hall–Kier alpha value is -5.73. The Bertz CT molecular complexity index is 1870. The number of carboxylic acids is 1. The zero-order chi connectivity index (χ0) is 33.2. The van der Waals surface area contributed by atoms with Gasteiger partial charge in [0.05, 0.1) is 12.3 Å². The molecule has 2 aliphatic heterocycles. The monoisotopic (exact) mass is 636 g/mol. The highest BCUT2D eigenvalue weighted by atomic mass is 16.5. The van der Waals surface area contributed by atoms with Crippen molar-refractivity contribution in [2.75, 3.05) is 0 Å². The molecule has 4 aromatic rings. The number of fused-ring (bicyclic) bond motifs is 2. The first-order chi connectivity index (χ1) is 21.8. The summed E-state index contributed by atoms with van der Waals surface area (Å²) in [6.07, 6.45) is -6.94. The molecule has 6 atom stereocenters. The van der Waals surface area contributed by atoms with Crippen molar-refractivity contribution in [1.82, 2.24) is 0 Å². The molecule has 0 aliphatic carbocycles. The van der Waals surface area contributed by atoms with Gasteiger partial charge in [-0.2, -0.15) is 0 Å². The van der Waals surface area contributed by atoms with Crippen molar-refractivity contribution in [3.63, 3.8) is 0 Å². The molecule has 6 rings (SSSR count). The van der Waals surface area contributed by atoms with Crippen LogP contribution in [0.15, 0.2) is 54.6 Å². The maximum Gasteiger partial charge on any atom is 0.304 e. The maximum atomic E-state index is 12.0. The Balaban J connectivity index is 1.61. The number of benzene rings is 4. The maximum absolute atomic E-state index is 12.0. The van der Waals surface area contributed by atoms with E-state index < -0.39 is 94.6 Å². The molecule has 14 nitrogen and oxygen atoms in total. The van der Waals surface area contributed by atoms with E-state index in [0.717, 1.165) is 42.5 Å². The van der Waals surface area contributed by atoms with Crippen LogP contribution in [0.25, 0.3) is 0 Å². The molecule has 0 radical (unpaired) electrons.